The van der Waals surface area contributed by atoms with E-state index in [1.54, 1.807) is 24.3 Å². The Morgan fingerprint density at radius 1 is 0.766 bits per heavy atom. The monoisotopic (exact) mass is 652 g/mol. The van der Waals surface area contributed by atoms with Gasteiger partial charge in [-0.3, -0.25) is 9.59 Å². The minimum Gasteiger partial charge on any atom is -0.508 e. The number of hydrogen-bond acceptors (Lipinski definition) is 5. The average molecular weight is 653 g/mol. The smallest absolute Gasteiger partial charge is 0.261 e. The van der Waals surface area contributed by atoms with Gasteiger partial charge in [0.1, 0.15) is 11.3 Å². The van der Waals surface area contributed by atoms with Crippen LogP contribution in [0.3, 0.4) is 0 Å². The normalized spacial score (nSPS) is 11.7. The first kappa shape index (κ1) is 35.6. The standard InChI is InChI=1S/C24H28N2O3.C15H17O2P/c1-23(2,3)16-11-17(24(4,5)6)20(27)12-19(16)26-22(29)15-13-25-18-10-8-7-9-14(18)21(15)28;1-18(16-12-14-8-4-2-5-9-14)17-13-15-10-6-3-7-11-15/h7-13,27H,1-6H3,(H,25,28)(H,26,29);2-11H,12-13H2,1H3. The molecule has 1 aromatic heterocycles. The van der Waals surface area contributed by atoms with Crippen molar-refractivity contribution in [3.05, 3.63) is 141 Å². The molecular formula is C39H45N2O5P. The second-order valence-electron chi connectivity index (χ2n) is 13.4. The molecule has 0 unspecified atom stereocenters. The Bertz CT molecular complexity index is 1800. The molecule has 3 N–H and O–H groups in total. The summed E-state index contributed by atoms with van der Waals surface area (Å²) in [6.07, 6.45) is 1.43. The van der Waals surface area contributed by atoms with Gasteiger partial charge in [-0.25, -0.2) is 0 Å². The lowest BCUT2D eigenvalue weighted by molar-refractivity contribution is 0.102. The number of carbonyl (C=O) groups is 1. The van der Waals surface area contributed by atoms with Crippen LogP contribution < -0.4 is 10.7 Å². The highest BCUT2D eigenvalue weighted by molar-refractivity contribution is 7.46. The summed E-state index contributed by atoms with van der Waals surface area (Å²) in [7, 11) is -0.828. The second-order valence-corrected chi connectivity index (χ2v) is 14.8. The molecule has 7 nitrogen and oxygen atoms in total. The van der Waals surface area contributed by atoms with E-state index in [9.17, 15) is 14.7 Å². The van der Waals surface area contributed by atoms with Crippen LogP contribution in [-0.2, 0) is 33.1 Å². The molecule has 5 aromatic rings. The van der Waals surface area contributed by atoms with Crippen molar-refractivity contribution >= 4 is 30.9 Å². The van der Waals surface area contributed by atoms with Crippen LogP contribution >= 0.6 is 8.38 Å². The fraction of sp³-hybridized carbons (Fsp3) is 0.282. The van der Waals surface area contributed by atoms with Gasteiger partial charge < -0.3 is 24.5 Å². The summed E-state index contributed by atoms with van der Waals surface area (Å²) in [4.78, 5) is 28.7. The van der Waals surface area contributed by atoms with Gasteiger partial charge >= 0.3 is 0 Å². The predicted octanol–water partition coefficient (Wildman–Crippen LogP) is 9.44. The number of anilines is 1. The van der Waals surface area contributed by atoms with E-state index in [-0.39, 0.29) is 27.6 Å². The lowest BCUT2D eigenvalue weighted by Crippen LogP contribution is -2.25. The van der Waals surface area contributed by atoms with E-state index in [1.165, 1.54) is 17.3 Å². The molecule has 0 saturated heterocycles. The number of pyridine rings is 1. The second kappa shape index (κ2) is 15.5. The maximum Gasteiger partial charge on any atom is 0.261 e. The molecule has 246 valence electrons. The van der Waals surface area contributed by atoms with Gasteiger partial charge in [-0.1, -0.05) is 114 Å². The van der Waals surface area contributed by atoms with Crippen molar-refractivity contribution in [1.82, 2.24) is 4.98 Å². The fourth-order valence-electron chi connectivity index (χ4n) is 4.96. The summed E-state index contributed by atoms with van der Waals surface area (Å²) in [6, 6.07) is 30.9. The molecule has 0 bridgehead atoms. The van der Waals surface area contributed by atoms with Gasteiger partial charge in [-0.15, -0.1) is 0 Å². The predicted molar refractivity (Wildman–Crippen MR) is 193 cm³/mol. The lowest BCUT2D eigenvalue weighted by atomic mass is 9.79. The van der Waals surface area contributed by atoms with Gasteiger partial charge in [0.05, 0.1) is 13.2 Å². The number of para-hydroxylation sites is 1. The van der Waals surface area contributed by atoms with Crippen LogP contribution in [0.4, 0.5) is 5.69 Å². The summed E-state index contributed by atoms with van der Waals surface area (Å²) >= 11 is 0. The fourth-order valence-corrected chi connectivity index (χ4v) is 5.69. The minimum atomic E-state index is -0.828. The molecule has 0 aliphatic carbocycles. The Morgan fingerprint density at radius 2 is 1.28 bits per heavy atom. The first-order valence-electron chi connectivity index (χ1n) is 15.6. The van der Waals surface area contributed by atoms with Gasteiger partial charge in [-0.2, -0.15) is 0 Å². The highest BCUT2D eigenvalue weighted by Crippen LogP contribution is 2.40. The molecule has 0 aliphatic heterocycles. The van der Waals surface area contributed by atoms with Gasteiger partial charge in [0, 0.05) is 35.5 Å². The maximum absolute atomic E-state index is 12.9. The molecule has 0 radical (unpaired) electrons. The number of benzene rings is 4. The van der Waals surface area contributed by atoms with E-state index >= 15 is 0 Å². The zero-order chi connectivity index (χ0) is 34.2. The number of phenols is 1. The van der Waals surface area contributed by atoms with E-state index < -0.39 is 14.3 Å². The number of aromatic amines is 1. The number of aromatic hydroxyl groups is 1. The van der Waals surface area contributed by atoms with E-state index in [0.29, 0.717) is 29.8 Å². The first-order chi connectivity index (χ1) is 22.2. The highest BCUT2D eigenvalue weighted by atomic mass is 31.2. The summed E-state index contributed by atoms with van der Waals surface area (Å²) in [5, 5.41) is 13.9. The number of fused-ring (bicyclic) bond motifs is 1. The van der Waals surface area contributed by atoms with Crippen molar-refractivity contribution in [3.63, 3.8) is 0 Å². The van der Waals surface area contributed by atoms with Crippen LogP contribution in [0, 0.1) is 0 Å². The molecule has 5 rings (SSSR count). The number of carbonyl (C=O) groups excluding carboxylic acids is 1. The third-order valence-electron chi connectivity index (χ3n) is 7.54. The topological polar surface area (TPSA) is 101 Å². The van der Waals surface area contributed by atoms with Crippen LogP contribution in [0.1, 0.15) is 74.2 Å². The molecular weight excluding hydrogens is 607 g/mol. The Balaban J connectivity index is 0.000000238. The van der Waals surface area contributed by atoms with Crippen LogP contribution in [0.2, 0.25) is 0 Å². The SMILES string of the molecule is CC(C)(C)c1cc(C(C)(C)C)c(NC(=O)c2c[nH]c3ccccc3c2=O)cc1O.CP(OCc1ccccc1)OCc1ccccc1. The third-order valence-corrected chi connectivity index (χ3v) is 8.53. The number of amides is 1. The molecule has 8 heteroatoms. The minimum absolute atomic E-state index is 0.0305. The third kappa shape index (κ3) is 9.85. The number of rotatable bonds is 8. The molecule has 0 saturated carbocycles. The zero-order valence-electron chi connectivity index (χ0n) is 28.3. The van der Waals surface area contributed by atoms with Crippen LogP contribution in [-0.4, -0.2) is 22.7 Å². The van der Waals surface area contributed by atoms with Gasteiger partial charge in [0.15, 0.2) is 8.38 Å². The maximum atomic E-state index is 12.9. The first-order valence-corrected chi connectivity index (χ1v) is 17.2. The number of aromatic nitrogens is 1. The Hall–Kier alpha value is -4.29. The molecule has 1 amide bonds. The van der Waals surface area contributed by atoms with E-state index in [2.05, 4.69) is 34.6 Å². The summed E-state index contributed by atoms with van der Waals surface area (Å²) in [6.45, 7) is 15.4. The number of hydrogen-bond donors (Lipinski definition) is 3. The van der Waals surface area contributed by atoms with Crippen LogP contribution in [0.25, 0.3) is 10.9 Å². The molecule has 4 aromatic carbocycles. The molecule has 0 fully saturated rings. The van der Waals surface area contributed by atoms with Gasteiger partial charge in [0.2, 0.25) is 5.43 Å². The number of H-pyrrole nitrogens is 1. The molecule has 0 atom stereocenters. The number of phenolic OH excluding ortho intramolecular Hbond substituents is 1. The van der Waals surface area contributed by atoms with Crippen molar-refractivity contribution in [2.45, 2.75) is 65.6 Å². The summed E-state index contributed by atoms with van der Waals surface area (Å²) in [5.74, 6) is -0.390. The summed E-state index contributed by atoms with van der Waals surface area (Å²) < 4.78 is 11.4. The van der Waals surface area contributed by atoms with Crippen molar-refractivity contribution in [1.29, 1.82) is 0 Å². The van der Waals surface area contributed by atoms with Gasteiger partial charge in [0.25, 0.3) is 5.91 Å². The van der Waals surface area contributed by atoms with Crippen LogP contribution in [0.15, 0.2) is 108 Å². The quantitative estimate of drug-likeness (QED) is 0.145. The van der Waals surface area contributed by atoms with Crippen LogP contribution in [0.5, 0.6) is 5.75 Å². The Morgan fingerprint density at radius 3 is 1.81 bits per heavy atom. The van der Waals surface area contributed by atoms with Crippen molar-refractivity contribution in [2.75, 3.05) is 12.0 Å². The Labute approximate surface area is 278 Å². The summed E-state index contributed by atoms with van der Waals surface area (Å²) in [5.41, 5.74) is 4.42. The molecule has 47 heavy (non-hydrogen) atoms. The van der Waals surface area contributed by atoms with E-state index in [4.69, 9.17) is 9.05 Å². The largest absolute Gasteiger partial charge is 0.508 e. The molecule has 0 aliphatic rings. The Kier molecular flexibility index (Phi) is 11.8. The van der Waals surface area contributed by atoms with E-state index in [1.807, 2.05) is 96.7 Å². The number of nitrogens with one attached hydrogen (secondary N) is 2. The zero-order valence-corrected chi connectivity index (χ0v) is 29.2. The van der Waals surface area contributed by atoms with E-state index in [0.717, 1.165) is 11.1 Å². The molecule has 1 heterocycles. The van der Waals surface area contributed by atoms with Gasteiger partial charge in [-0.05, 0) is 51.3 Å². The highest BCUT2D eigenvalue weighted by Gasteiger charge is 2.26. The van der Waals surface area contributed by atoms with Crippen molar-refractivity contribution in [3.8, 4) is 5.75 Å². The lowest BCUT2D eigenvalue weighted by Gasteiger charge is -2.28. The average Bonchev–Trinajstić information content (AvgIpc) is 3.03. The van der Waals surface area contributed by atoms with Crippen molar-refractivity contribution in [2.24, 2.45) is 0 Å². The molecule has 0 spiro atoms. The van der Waals surface area contributed by atoms with Crippen molar-refractivity contribution < 1.29 is 18.9 Å².